The van der Waals surface area contributed by atoms with Crippen LogP contribution in [-0.4, -0.2) is 23.2 Å². The minimum atomic E-state index is -3.76. The summed E-state index contributed by atoms with van der Waals surface area (Å²) in [4.78, 5) is 5.93. The van der Waals surface area contributed by atoms with E-state index in [0.29, 0.717) is 22.4 Å². The molecule has 1 unspecified atom stereocenters. The molecule has 1 N–H and O–H groups in total. The topological polar surface area (TPSA) is 76.9 Å². The Morgan fingerprint density at radius 3 is 2.70 bits per heavy atom. The molecule has 0 aliphatic heterocycles. The number of rotatable bonds is 4. The van der Waals surface area contributed by atoms with Gasteiger partial charge in [-0.15, -0.1) is 11.3 Å². The highest BCUT2D eigenvalue weighted by Crippen LogP contribution is 2.33. The molecule has 1 aromatic carbocycles. The molecule has 0 bridgehead atoms. The van der Waals surface area contributed by atoms with Crippen molar-refractivity contribution in [1.29, 1.82) is 0 Å². The number of para-hydroxylation sites is 1. The molecule has 8 heteroatoms. The largest absolute Gasteiger partial charge is 0.267 e. The number of hydrogen-bond acceptors (Lipinski definition) is 5. The first-order valence-corrected chi connectivity index (χ1v) is 11.3. The van der Waals surface area contributed by atoms with E-state index in [2.05, 4.69) is 21.7 Å². The quantitative estimate of drug-likeness (QED) is 0.719. The van der Waals surface area contributed by atoms with Crippen LogP contribution in [0.4, 0.5) is 5.13 Å². The summed E-state index contributed by atoms with van der Waals surface area (Å²) in [5.41, 5.74) is 2.92. The van der Waals surface area contributed by atoms with Gasteiger partial charge >= 0.3 is 0 Å². The Kier molecular flexibility index (Phi) is 4.55. The molecule has 0 fully saturated rings. The monoisotopic (exact) mass is 402 g/mol. The summed E-state index contributed by atoms with van der Waals surface area (Å²) in [6, 6.07) is 9.52. The zero-order chi connectivity index (χ0) is 19.2. The van der Waals surface area contributed by atoms with Gasteiger partial charge in [0.05, 0.1) is 22.8 Å². The Bertz CT molecular complexity index is 1080. The lowest BCUT2D eigenvalue weighted by molar-refractivity contribution is 0.502. The third-order valence-corrected chi connectivity index (χ3v) is 7.66. The van der Waals surface area contributed by atoms with Crippen LogP contribution in [0.1, 0.15) is 35.3 Å². The van der Waals surface area contributed by atoms with Gasteiger partial charge in [0.15, 0.2) is 5.13 Å². The van der Waals surface area contributed by atoms with Crippen LogP contribution in [0.25, 0.3) is 5.69 Å². The maximum absolute atomic E-state index is 13.1. The van der Waals surface area contributed by atoms with E-state index in [1.165, 1.54) is 16.2 Å². The van der Waals surface area contributed by atoms with Crippen LogP contribution in [0.15, 0.2) is 35.2 Å². The lowest BCUT2D eigenvalue weighted by Gasteiger charge is -2.15. The van der Waals surface area contributed by atoms with E-state index >= 15 is 0 Å². The fourth-order valence-corrected chi connectivity index (χ4v) is 6.39. The van der Waals surface area contributed by atoms with Crippen molar-refractivity contribution in [2.45, 2.75) is 44.9 Å². The van der Waals surface area contributed by atoms with Gasteiger partial charge in [0.25, 0.3) is 10.0 Å². The molecule has 0 saturated heterocycles. The molecule has 6 nitrogen and oxygen atoms in total. The number of anilines is 1. The molecule has 1 aliphatic rings. The van der Waals surface area contributed by atoms with Gasteiger partial charge in [-0.1, -0.05) is 25.1 Å². The zero-order valence-corrected chi connectivity index (χ0v) is 17.2. The van der Waals surface area contributed by atoms with Crippen LogP contribution in [0.3, 0.4) is 0 Å². The first-order valence-electron chi connectivity index (χ1n) is 8.98. The average molecular weight is 403 g/mol. The fourth-order valence-electron chi connectivity index (χ4n) is 3.59. The molecule has 0 saturated carbocycles. The summed E-state index contributed by atoms with van der Waals surface area (Å²) in [5, 5.41) is 4.89. The molecule has 1 aliphatic carbocycles. The van der Waals surface area contributed by atoms with E-state index in [-0.39, 0.29) is 4.90 Å². The van der Waals surface area contributed by atoms with Crippen molar-refractivity contribution in [2.75, 3.05) is 4.72 Å². The third-order valence-electron chi connectivity index (χ3n) is 4.90. The maximum atomic E-state index is 13.1. The lowest BCUT2D eigenvalue weighted by atomic mass is 9.93. The summed E-state index contributed by atoms with van der Waals surface area (Å²) < 4.78 is 30.5. The molecule has 2 heterocycles. The first kappa shape index (κ1) is 18.2. The fraction of sp³-hybridized carbons (Fsp3) is 0.368. The molecule has 1 atom stereocenters. The van der Waals surface area contributed by atoms with Crippen molar-refractivity contribution >= 4 is 26.5 Å². The number of thiazole rings is 1. The van der Waals surface area contributed by atoms with Crippen LogP contribution in [0.5, 0.6) is 0 Å². The maximum Gasteiger partial charge on any atom is 0.267 e. The molecule has 27 heavy (non-hydrogen) atoms. The van der Waals surface area contributed by atoms with Crippen molar-refractivity contribution < 1.29 is 8.42 Å². The summed E-state index contributed by atoms with van der Waals surface area (Å²) in [7, 11) is -3.76. The summed E-state index contributed by atoms with van der Waals surface area (Å²) in [6.07, 6.45) is 2.99. The lowest BCUT2D eigenvalue weighted by Crippen LogP contribution is -2.15. The molecule has 4 rings (SSSR count). The van der Waals surface area contributed by atoms with Gasteiger partial charge in [0.2, 0.25) is 0 Å². The molecule has 0 spiro atoms. The standard InChI is InChI=1S/C19H22N4O2S2/c1-12-9-10-16-17(11-12)26-19(20-16)22-27(24,25)18-13(2)21-23(14(18)3)15-7-5-4-6-8-15/h4-8,12H,9-11H2,1-3H3,(H,20,22). The highest BCUT2D eigenvalue weighted by atomic mass is 32.2. The SMILES string of the molecule is Cc1nn(-c2ccccc2)c(C)c1S(=O)(=O)Nc1nc2c(s1)CC(C)CC2. The zero-order valence-electron chi connectivity index (χ0n) is 15.6. The summed E-state index contributed by atoms with van der Waals surface area (Å²) in [5.74, 6) is 0.621. The van der Waals surface area contributed by atoms with Gasteiger partial charge in [-0.3, -0.25) is 4.72 Å². The Morgan fingerprint density at radius 2 is 1.96 bits per heavy atom. The number of hydrogen-bond donors (Lipinski definition) is 1. The van der Waals surface area contributed by atoms with E-state index in [1.807, 2.05) is 30.3 Å². The Labute approximate surface area is 163 Å². The first-order chi connectivity index (χ1) is 12.8. The van der Waals surface area contributed by atoms with Gasteiger partial charge in [0, 0.05) is 4.88 Å². The molecule has 3 aromatic rings. The van der Waals surface area contributed by atoms with Crippen LogP contribution in [0.2, 0.25) is 0 Å². The molecular formula is C19H22N4O2S2. The van der Waals surface area contributed by atoms with Gasteiger partial charge < -0.3 is 0 Å². The number of benzene rings is 1. The van der Waals surface area contributed by atoms with E-state index in [0.717, 1.165) is 30.6 Å². The highest BCUT2D eigenvalue weighted by molar-refractivity contribution is 7.93. The van der Waals surface area contributed by atoms with Gasteiger partial charge in [-0.05, 0) is 51.2 Å². The van der Waals surface area contributed by atoms with Crippen LogP contribution in [-0.2, 0) is 22.9 Å². The van der Waals surface area contributed by atoms with E-state index < -0.39 is 10.0 Å². The van der Waals surface area contributed by atoms with Gasteiger partial charge in [-0.25, -0.2) is 18.1 Å². The van der Waals surface area contributed by atoms with Crippen molar-refractivity contribution in [1.82, 2.24) is 14.8 Å². The van der Waals surface area contributed by atoms with E-state index in [4.69, 9.17) is 0 Å². The molecule has 142 valence electrons. The number of fused-ring (bicyclic) bond motifs is 1. The predicted octanol–water partition coefficient (Wildman–Crippen LogP) is 3.87. The number of sulfonamides is 1. The molecular weight excluding hydrogens is 380 g/mol. The van der Waals surface area contributed by atoms with Crippen molar-refractivity contribution in [3.05, 3.63) is 52.3 Å². The van der Waals surface area contributed by atoms with Gasteiger partial charge in [-0.2, -0.15) is 5.10 Å². The minimum absolute atomic E-state index is 0.216. The average Bonchev–Trinajstić information content (AvgIpc) is 3.14. The Balaban J connectivity index is 1.68. The second-order valence-electron chi connectivity index (χ2n) is 7.09. The second-order valence-corrected chi connectivity index (χ2v) is 9.79. The van der Waals surface area contributed by atoms with E-state index in [1.54, 1.807) is 18.5 Å². The van der Waals surface area contributed by atoms with Crippen molar-refractivity contribution in [2.24, 2.45) is 5.92 Å². The third kappa shape index (κ3) is 3.39. The van der Waals surface area contributed by atoms with Crippen molar-refractivity contribution in [3.63, 3.8) is 0 Å². The molecule has 0 amide bonds. The summed E-state index contributed by atoms with van der Waals surface area (Å²) >= 11 is 1.45. The predicted molar refractivity (Wildman–Crippen MR) is 107 cm³/mol. The number of nitrogens with one attached hydrogen (secondary N) is 1. The van der Waals surface area contributed by atoms with E-state index in [9.17, 15) is 8.42 Å². The molecule has 0 radical (unpaired) electrons. The number of aromatic nitrogens is 3. The number of nitrogens with zero attached hydrogens (tertiary/aromatic N) is 3. The van der Waals surface area contributed by atoms with Crippen LogP contribution < -0.4 is 4.72 Å². The second kappa shape index (κ2) is 6.76. The van der Waals surface area contributed by atoms with Crippen LogP contribution >= 0.6 is 11.3 Å². The Hall–Kier alpha value is -2.19. The minimum Gasteiger partial charge on any atom is -0.255 e. The van der Waals surface area contributed by atoms with Crippen LogP contribution in [0, 0.1) is 19.8 Å². The van der Waals surface area contributed by atoms with Crippen molar-refractivity contribution in [3.8, 4) is 5.69 Å². The molecule has 2 aromatic heterocycles. The normalized spacial score (nSPS) is 16.9. The summed E-state index contributed by atoms with van der Waals surface area (Å²) in [6.45, 7) is 5.71. The highest BCUT2D eigenvalue weighted by Gasteiger charge is 2.27. The smallest absolute Gasteiger partial charge is 0.255 e. The Morgan fingerprint density at radius 1 is 1.22 bits per heavy atom. The van der Waals surface area contributed by atoms with Gasteiger partial charge in [0.1, 0.15) is 4.90 Å². The number of aryl methyl sites for hydroxylation is 2.